The topological polar surface area (TPSA) is 30.2 Å². The summed E-state index contributed by atoms with van der Waals surface area (Å²) >= 11 is 0. The van der Waals surface area contributed by atoms with E-state index in [0.717, 1.165) is 11.1 Å². The second-order valence-corrected chi connectivity index (χ2v) is 4.94. The lowest BCUT2D eigenvalue weighted by molar-refractivity contribution is 0.101. The van der Waals surface area contributed by atoms with Gasteiger partial charge in [-0.05, 0) is 43.7 Å². The third-order valence-electron chi connectivity index (χ3n) is 3.33. The number of hydrogen-bond acceptors (Lipinski definition) is 2. The Kier molecular flexibility index (Phi) is 2.90. The molecule has 0 unspecified atom stereocenters. The molecule has 1 heterocycles. The molecular formula is C17H13FO2. The van der Waals surface area contributed by atoms with Gasteiger partial charge >= 0.3 is 0 Å². The van der Waals surface area contributed by atoms with E-state index in [1.54, 1.807) is 12.1 Å². The van der Waals surface area contributed by atoms with Crippen LogP contribution in [0.5, 0.6) is 0 Å². The number of hydrogen-bond donors (Lipinski definition) is 0. The van der Waals surface area contributed by atoms with Crippen molar-refractivity contribution in [3.63, 3.8) is 0 Å². The molecule has 100 valence electrons. The molecule has 0 aliphatic rings. The minimum absolute atomic E-state index is 0.181. The molecule has 0 saturated carbocycles. The Bertz CT molecular complexity index is 815. The quantitative estimate of drug-likeness (QED) is 0.644. The zero-order chi connectivity index (χ0) is 14.3. The fourth-order valence-corrected chi connectivity index (χ4v) is 2.33. The lowest BCUT2D eigenvalue weighted by atomic mass is 10.0. The lowest BCUT2D eigenvalue weighted by Crippen LogP contribution is -2.02. The first-order valence-electron chi connectivity index (χ1n) is 6.35. The lowest BCUT2D eigenvalue weighted by Gasteiger charge is -2.03. The Morgan fingerprint density at radius 2 is 1.85 bits per heavy atom. The standard InChI is InChI=1S/C17H13FO2/c1-10-3-5-14(11(2)7-10)17(19)16-9-12-8-13(18)4-6-15(12)20-16/h3-9H,1-2H3. The van der Waals surface area contributed by atoms with Crippen molar-refractivity contribution in [1.82, 2.24) is 0 Å². The number of ketones is 1. The number of carbonyl (C=O) groups excluding carboxylic acids is 1. The predicted octanol–water partition coefficient (Wildman–Crippen LogP) is 4.42. The Balaban J connectivity index is 2.08. The second kappa shape index (κ2) is 4.60. The van der Waals surface area contributed by atoms with Crippen LogP contribution in [0, 0.1) is 19.7 Å². The molecule has 0 spiro atoms. The van der Waals surface area contributed by atoms with Gasteiger partial charge in [-0.1, -0.05) is 23.8 Å². The van der Waals surface area contributed by atoms with Crippen LogP contribution in [0.2, 0.25) is 0 Å². The summed E-state index contributed by atoms with van der Waals surface area (Å²) in [7, 11) is 0. The van der Waals surface area contributed by atoms with Crippen LogP contribution in [0.15, 0.2) is 46.9 Å². The summed E-state index contributed by atoms with van der Waals surface area (Å²) in [6, 6.07) is 11.4. The fraction of sp³-hybridized carbons (Fsp3) is 0.118. The highest BCUT2D eigenvalue weighted by Gasteiger charge is 2.16. The summed E-state index contributed by atoms with van der Waals surface area (Å²) < 4.78 is 18.7. The molecule has 20 heavy (non-hydrogen) atoms. The maximum absolute atomic E-state index is 13.2. The number of carbonyl (C=O) groups is 1. The summed E-state index contributed by atoms with van der Waals surface area (Å²) in [6.45, 7) is 3.87. The number of rotatable bonds is 2. The average molecular weight is 268 g/mol. The van der Waals surface area contributed by atoms with Gasteiger partial charge in [0.2, 0.25) is 5.78 Å². The minimum atomic E-state index is -0.344. The Hall–Kier alpha value is -2.42. The zero-order valence-corrected chi connectivity index (χ0v) is 11.2. The van der Waals surface area contributed by atoms with Gasteiger partial charge in [0.25, 0.3) is 0 Å². The first-order valence-corrected chi connectivity index (χ1v) is 6.35. The van der Waals surface area contributed by atoms with Crippen LogP contribution in [-0.4, -0.2) is 5.78 Å². The molecular weight excluding hydrogens is 255 g/mol. The number of benzene rings is 2. The number of fused-ring (bicyclic) bond motifs is 1. The molecule has 3 rings (SSSR count). The molecule has 3 heteroatoms. The van der Waals surface area contributed by atoms with Crippen LogP contribution in [0.3, 0.4) is 0 Å². The molecule has 0 aliphatic heterocycles. The third kappa shape index (κ3) is 2.11. The van der Waals surface area contributed by atoms with E-state index in [4.69, 9.17) is 4.42 Å². The SMILES string of the molecule is Cc1ccc(C(=O)c2cc3cc(F)ccc3o2)c(C)c1. The van der Waals surface area contributed by atoms with Crippen LogP contribution in [-0.2, 0) is 0 Å². The summed E-state index contributed by atoms with van der Waals surface area (Å²) in [6.07, 6.45) is 0. The Morgan fingerprint density at radius 1 is 1.05 bits per heavy atom. The maximum atomic E-state index is 13.2. The van der Waals surface area contributed by atoms with Gasteiger partial charge in [-0.3, -0.25) is 4.79 Å². The van der Waals surface area contributed by atoms with Gasteiger partial charge < -0.3 is 4.42 Å². The van der Waals surface area contributed by atoms with Crippen molar-refractivity contribution in [3.05, 3.63) is 70.7 Å². The van der Waals surface area contributed by atoms with Gasteiger partial charge in [0.05, 0.1) is 0 Å². The highest BCUT2D eigenvalue weighted by molar-refractivity contribution is 6.09. The normalized spacial score (nSPS) is 10.9. The van der Waals surface area contributed by atoms with E-state index in [2.05, 4.69) is 0 Å². The average Bonchev–Trinajstić information content (AvgIpc) is 2.81. The molecule has 0 aliphatic carbocycles. The van der Waals surface area contributed by atoms with Crippen LogP contribution in [0.25, 0.3) is 11.0 Å². The zero-order valence-electron chi connectivity index (χ0n) is 11.2. The summed E-state index contributed by atoms with van der Waals surface area (Å²) in [5.74, 6) is -0.291. The predicted molar refractivity (Wildman–Crippen MR) is 75.5 cm³/mol. The van der Waals surface area contributed by atoms with E-state index in [0.29, 0.717) is 16.5 Å². The number of halogens is 1. The molecule has 1 aromatic heterocycles. The van der Waals surface area contributed by atoms with Gasteiger partial charge in [-0.2, -0.15) is 0 Å². The van der Waals surface area contributed by atoms with Crippen molar-refractivity contribution in [1.29, 1.82) is 0 Å². The summed E-state index contributed by atoms with van der Waals surface area (Å²) in [5.41, 5.74) is 3.13. The first-order chi connectivity index (χ1) is 9.54. The second-order valence-electron chi connectivity index (χ2n) is 4.94. The van der Waals surface area contributed by atoms with Gasteiger partial charge in [-0.25, -0.2) is 4.39 Å². The van der Waals surface area contributed by atoms with Crippen molar-refractivity contribution < 1.29 is 13.6 Å². The largest absolute Gasteiger partial charge is 0.453 e. The van der Waals surface area contributed by atoms with Crippen LogP contribution in [0.4, 0.5) is 4.39 Å². The van der Waals surface area contributed by atoms with Crippen molar-refractivity contribution in [2.45, 2.75) is 13.8 Å². The molecule has 0 bridgehead atoms. The molecule has 2 aromatic carbocycles. The third-order valence-corrected chi connectivity index (χ3v) is 3.33. The van der Waals surface area contributed by atoms with E-state index in [1.807, 2.05) is 26.0 Å². The van der Waals surface area contributed by atoms with Crippen molar-refractivity contribution in [2.24, 2.45) is 0 Å². The van der Waals surface area contributed by atoms with Crippen LogP contribution >= 0.6 is 0 Å². The summed E-state index contributed by atoms with van der Waals surface area (Å²) in [4.78, 5) is 12.4. The maximum Gasteiger partial charge on any atom is 0.228 e. The van der Waals surface area contributed by atoms with Gasteiger partial charge in [-0.15, -0.1) is 0 Å². The van der Waals surface area contributed by atoms with Crippen LogP contribution in [0.1, 0.15) is 27.2 Å². The minimum Gasteiger partial charge on any atom is -0.453 e. The highest BCUT2D eigenvalue weighted by atomic mass is 19.1. The summed E-state index contributed by atoms with van der Waals surface area (Å²) in [5, 5.41) is 0.595. The number of furan rings is 1. The molecule has 0 N–H and O–H groups in total. The van der Waals surface area contributed by atoms with E-state index < -0.39 is 0 Å². The van der Waals surface area contributed by atoms with Gasteiger partial charge in [0.1, 0.15) is 11.4 Å². The molecule has 2 nitrogen and oxygen atoms in total. The molecule has 0 atom stereocenters. The van der Waals surface area contributed by atoms with Crippen molar-refractivity contribution >= 4 is 16.8 Å². The highest BCUT2D eigenvalue weighted by Crippen LogP contribution is 2.23. The van der Waals surface area contributed by atoms with E-state index in [1.165, 1.54) is 18.2 Å². The van der Waals surface area contributed by atoms with Gasteiger partial charge in [0, 0.05) is 10.9 Å². The monoisotopic (exact) mass is 268 g/mol. The molecule has 3 aromatic rings. The van der Waals surface area contributed by atoms with Crippen LogP contribution < -0.4 is 0 Å². The number of aryl methyl sites for hydroxylation is 2. The van der Waals surface area contributed by atoms with Gasteiger partial charge in [0.15, 0.2) is 5.76 Å². The first kappa shape index (κ1) is 12.6. The van der Waals surface area contributed by atoms with E-state index in [-0.39, 0.29) is 17.4 Å². The molecule has 0 fully saturated rings. The molecule has 0 amide bonds. The van der Waals surface area contributed by atoms with Crippen molar-refractivity contribution in [3.8, 4) is 0 Å². The Morgan fingerprint density at radius 3 is 2.60 bits per heavy atom. The smallest absolute Gasteiger partial charge is 0.228 e. The van der Waals surface area contributed by atoms with E-state index in [9.17, 15) is 9.18 Å². The molecule has 0 radical (unpaired) electrons. The van der Waals surface area contributed by atoms with Crippen molar-refractivity contribution in [2.75, 3.05) is 0 Å². The Labute approximate surface area is 115 Å². The van der Waals surface area contributed by atoms with E-state index >= 15 is 0 Å². The molecule has 0 saturated heterocycles. The fourth-order valence-electron chi connectivity index (χ4n) is 2.33.